The highest BCUT2D eigenvalue weighted by molar-refractivity contribution is 6.13. The van der Waals surface area contributed by atoms with E-state index in [0.29, 0.717) is 0 Å². The number of para-hydroxylation sites is 4. The zero-order valence-electron chi connectivity index (χ0n) is 72.3. The minimum Gasteiger partial charge on any atom is -0.310 e. The number of aromatic nitrogens is 2. The Morgan fingerprint density at radius 1 is 0.152 bits per heavy atom. The highest BCUT2D eigenvalue weighted by Gasteiger charge is 2.53. The maximum Gasteiger partial charge on any atom is 0.0726 e. The second-order valence-electron chi connectivity index (χ2n) is 35.1. The molecular formula is C128H84N4. The fraction of sp³-hybridized carbons (Fsp3) is 0.0156. The Labute approximate surface area is 767 Å². The first-order valence-corrected chi connectivity index (χ1v) is 45.8. The molecule has 4 nitrogen and oxygen atoms in total. The zero-order chi connectivity index (χ0) is 87.0. The van der Waals surface area contributed by atoms with E-state index in [1.54, 1.807) is 0 Å². The van der Waals surface area contributed by atoms with E-state index < -0.39 is 10.8 Å². The molecule has 0 fully saturated rings. The molecule has 4 aliphatic carbocycles. The summed E-state index contributed by atoms with van der Waals surface area (Å²) in [5.41, 5.74) is 45.5. The first-order chi connectivity index (χ1) is 65.5. The summed E-state index contributed by atoms with van der Waals surface area (Å²) in [6.45, 7) is 0. The van der Waals surface area contributed by atoms with E-state index in [4.69, 9.17) is 0 Å². The Morgan fingerprint density at radius 3 is 0.826 bits per heavy atom. The Kier molecular flexibility index (Phi) is 17.8. The summed E-state index contributed by atoms with van der Waals surface area (Å²) in [6, 6.07) is 188. The van der Waals surface area contributed by atoms with Gasteiger partial charge in [-0.15, -0.1) is 0 Å². The van der Waals surface area contributed by atoms with Gasteiger partial charge in [-0.05, 0) is 254 Å². The predicted octanol–water partition coefficient (Wildman–Crippen LogP) is 33.5. The van der Waals surface area contributed by atoms with E-state index in [1.807, 2.05) is 0 Å². The lowest BCUT2D eigenvalue weighted by Crippen LogP contribution is -2.29. The highest BCUT2D eigenvalue weighted by atomic mass is 15.2. The molecule has 0 amide bonds. The molecule has 0 radical (unpaired) electrons. The van der Waals surface area contributed by atoms with Gasteiger partial charge < -0.3 is 18.9 Å². The second kappa shape index (κ2) is 30.8. The zero-order valence-corrected chi connectivity index (χ0v) is 72.3. The number of hydrogen-bond acceptors (Lipinski definition) is 2. The maximum atomic E-state index is 2.50. The minimum atomic E-state index is -0.579. The Hall–Kier alpha value is -17.2. The smallest absolute Gasteiger partial charge is 0.0726 e. The fourth-order valence-corrected chi connectivity index (χ4v) is 23.0. The molecule has 616 valence electrons. The van der Waals surface area contributed by atoms with Crippen LogP contribution in [0.3, 0.4) is 0 Å². The largest absolute Gasteiger partial charge is 0.310 e. The van der Waals surface area contributed by atoms with Crippen LogP contribution in [-0.2, 0) is 10.8 Å². The summed E-state index contributed by atoms with van der Waals surface area (Å²) < 4.78 is 4.78. The van der Waals surface area contributed by atoms with Gasteiger partial charge in [-0.2, -0.15) is 0 Å². The highest BCUT2D eigenvalue weighted by Crippen LogP contribution is 2.66. The molecule has 23 aromatic rings. The molecule has 0 unspecified atom stereocenters. The molecule has 27 rings (SSSR count). The van der Waals surface area contributed by atoms with Gasteiger partial charge in [0, 0.05) is 66.9 Å². The van der Waals surface area contributed by atoms with Crippen molar-refractivity contribution in [2.24, 2.45) is 0 Å². The molecule has 0 saturated heterocycles. The average Bonchev–Trinajstić information content (AvgIpc) is 1.52. The average molecular weight is 1680 g/mol. The standard InChI is InChI=1S/C67H44N2.C61H40N2/c1-3-18-45(19-4-1)46-34-38-49(39-35-46)68(51-42-43-65-59(44-51)57-26-12-16-33-64(57)69(65)48-20-5-2-6-21-48)50-40-36-47(37-41-50)52-28-17-32-63-66(52)58-27-11-15-31-62(58)67(63)60-29-13-9-24-55(60)53-22-7-8-23-54(53)56-25-10-14-30-61(56)67;1-3-18-41(19-4-1)42-34-36-44(37-35-42)62(45-38-39-58-52(40-45)50-26-12-16-32-57(50)63(58)43-20-5-2-6-21-43)59-33-17-31-56-60(59)51-27-11-15-30-55(51)61(56)53-28-13-9-24-48(53)46-22-7-8-23-47(46)49-25-10-14-29-54(49)61/h1-44H;1-40H. The van der Waals surface area contributed by atoms with Crippen molar-refractivity contribution in [2.75, 3.05) is 9.80 Å². The van der Waals surface area contributed by atoms with Crippen molar-refractivity contribution in [3.8, 4) is 112 Å². The first-order valence-electron chi connectivity index (χ1n) is 45.8. The van der Waals surface area contributed by atoms with Gasteiger partial charge in [0.15, 0.2) is 0 Å². The van der Waals surface area contributed by atoms with Crippen LogP contribution in [0.5, 0.6) is 0 Å². The molecular weight excluding hydrogens is 1590 g/mol. The molecule has 2 spiro atoms. The topological polar surface area (TPSA) is 16.3 Å². The number of nitrogens with zero attached hydrogens (tertiary/aromatic N) is 4. The summed E-state index contributed by atoms with van der Waals surface area (Å²) in [5, 5.41) is 4.89. The third-order valence-corrected chi connectivity index (χ3v) is 28.5. The normalized spacial score (nSPS) is 12.8. The van der Waals surface area contributed by atoms with Crippen molar-refractivity contribution in [2.45, 2.75) is 10.8 Å². The van der Waals surface area contributed by atoms with Crippen LogP contribution in [-0.4, -0.2) is 9.13 Å². The molecule has 0 bridgehead atoms. The van der Waals surface area contributed by atoms with Crippen molar-refractivity contribution >= 4 is 77.7 Å². The molecule has 0 aliphatic heterocycles. The lowest BCUT2D eigenvalue weighted by atomic mass is 9.66. The summed E-state index contributed by atoms with van der Waals surface area (Å²) >= 11 is 0. The molecule has 132 heavy (non-hydrogen) atoms. The minimum absolute atomic E-state index is 0.529. The predicted molar refractivity (Wildman–Crippen MR) is 551 cm³/mol. The van der Waals surface area contributed by atoms with Crippen molar-refractivity contribution in [1.82, 2.24) is 9.13 Å². The quantitative estimate of drug-likeness (QED) is 0.128. The second-order valence-corrected chi connectivity index (χ2v) is 35.1. The molecule has 4 aliphatic rings. The van der Waals surface area contributed by atoms with Gasteiger partial charge in [0.05, 0.1) is 38.6 Å². The van der Waals surface area contributed by atoms with Gasteiger partial charge in [-0.1, -0.05) is 394 Å². The van der Waals surface area contributed by atoms with Gasteiger partial charge in [-0.25, -0.2) is 0 Å². The lowest BCUT2D eigenvalue weighted by Gasteiger charge is -2.35. The van der Waals surface area contributed by atoms with E-state index >= 15 is 0 Å². The maximum absolute atomic E-state index is 2.50. The van der Waals surface area contributed by atoms with E-state index in [-0.39, 0.29) is 0 Å². The van der Waals surface area contributed by atoms with E-state index in [1.165, 1.54) is 188 Å². The SMILES string of the molecule is c1ccc(-c2ccc(N(c3ccc(-c4cccc5c4-c4ccccc4C54c5ccccc5-c5ccccc5-c5ccccc54)cc3)c3ccc4c(c3)c3ccccc3n4-c3ccccc3)cc2)cc1.c1ccc(-c2ccc(N(c3ccc4c(c3)c3ccccc3n4-c3ccccc3)c3cccc4c3-c3ccccc3C43c4ccccc4-c4ccccc4-c4ccccc43)cc2)cc1. The lowest BCUT2D eigenvalue weighted by molar-refractivity contribution is 0.775. The van der Waals surface area contributed by atoms with Crippen LogP contribution in [0, 0.1) is 0 Å². The van der Waals surface area contributed by atoms with Gasteiger partial charge in [0.25, 0.3) is 0 Å². The number of rotatable bonds is 11. The Bertz CT molecular complexity index is 8360. The first kappa shape index (κ1) is 76.1. The van der Waals surface area contributed by atoms with Crippen molar-refractivity contribution in [3.05, 3.63) is 554 Å². The van der Waals surface area contributed by atoms with Crippen LogP contribution in [0.2, 0.25) is 0 Å². The fourth-order valence-electron chi connectivity index (χ4n) is 23.0. The Balaban J connectivity index is 0.000000139. The molecule has 4 heteroatoms. The van der Waals surface area contributed by atoms with Gasteiger partial charge in [-0.3, -0.25) is 0 Å². The van der Waals surface area contributed by atoms with E-state index in [0.717, 1.165) is 45.5 Å². The molecule has 0 saturated carbocycles. The molecule has 0 N–H and O–H groups in total. The summed E-state index contributed by atoms with van der Waals surface area (Å²) in [4.78, 5) is 4.91. The van der Waals surface area contributed by atoms with E-state index in [2.05, 4.69) is 529 Å². The monoisotopic (exact) mass is 1680 g/mol. The van der Waals surface area contributed by atoms with Crippen molar-refractivity contribution < 1.29 is 0 Å². The van der Waals surface area contributed by atoms with Crippen LogP contribution in [0.25, 0.3) is 155 Å². The third-order valence-electron chi connectivity index (χ3n) is 28.5. The molecule has 21 aromatic carbocycles. The van der Waals surface area contributed by atoms with E-state index in [9.17, 15) is 0 Å². The third kappa shape index (κ3) is 11.6. The van der Waals surface area contributed by atoms with Crippen LogP contribution < -0.4 is 9.80 Å². The summed E-state index contributed by atoms with van der Waals surface area (Å²) in [7, 11) is 0. The number of benzene rings is 21. The molecule has 2 aromatic heterocycles. The van der Waals surface area contributed by atoms with Crippen LogP contribution in [0.15, 0.2) is 510 Å². The number of fused-ring (bicyclic) bond motifs is 30. The molecule has 0 atom stereocenters. The van der Waals surface area contributed by atoms with Crippen LogP contribution in [0.1, 0.15) is 44.5 Å². The van der Waals surface area contributed by atoms with Crippen LogP contribution in [0.4, 0.5) is 34.1 Å². The van der Waals surface area contributed by atoms with Gasteiger partial charge in [0.1, 0.15) is 0 Å². The van der Waals surface area contributed by atoms with Crippen molar-refractivity contribution in [3.63, 3.8) is 0 Å². The van der Waals surface area contributed by atoms with Gasteiger partial charge in [0.2, 0.25) is 0 Å². The van der Waals surface area contributed by atoms with Crippen molar-refractivity contribution in [1.29, 1.82) is 0 Å². The van der Waals surface area contributed by atoms with Gasteiger partial charge >= 0.3 is 0 Å². The summed E-state index contributed by atoms with van der Waals surface area (Å²) in [5.74, 6) is 0. The summed E-state index contributed by atoms with van der Waals surface area (Å²) in [6.07, 6.45) is 0. The Morgan fingerprint density at radius 2 is 0.417 bits per heavy atom. The van der Waals surface area contributed by atoms with Crippen LogP contribution >= 0.6 is 0 Å². The molecule has 2 heterocycles. The number of anilines is 6. The number of hydrogen-bond donors (Lipinski definition) is 0.